The molecule has 0 aliphatic rings. The van der Waals surface area contributed by atoms with E-state index in [9.17, 15) is 9.59 Å². The maximum Gasteiger partial charge on any atom is 0.306 e. The van der Waals surface area contributed by atoms with Crippen molar-refractivity contribution >= 4 is 23.2 Å². The van der Waals surface area contributed by atoms with Gasteiger partial charge in [0.2, 0.25) is 11.8 Å². The molecule has 7 nitrogen and oxygen atoms in total. The van der Waals surface area contributed by atoms with Crippen molar-refractivity contribution in [2.24, 2.45) is 5.73 Å². The summed E-state index contributed by atoms with van der Waals surface area (Å²) in [7, 11) is 1.57. The number of carbonyl (C=O) groups excluding carboxylic acids is 2. The van der Waals surface area contributed by atoms with Crippen LogP contribution in [0.15, 0.2) is 23.7 Å². The van der Waals surface area contributed by atoms with E-state index in [0.717, 1.165) is 29.1 Å². The molecule has 0 aliphatic carbocycles. The Bertz CT molecular complexity index is 731. The third kappa shape index (κ3) is 9.45. The number of rotatable bonds is 9. The Morgan fingerprint density at radius 2 is 2.07 bits per heavy atom. The minimum absolute atomic E-state index is 0.109. The van der Waals surface area contributed by atoms with Crippen LogP contribution in [0.3, 0.4) is 0 Å². The SMILES string of the molecule is CCOC(=O)CC(C)c1ccc(OC)nc1.Cc1csc(CCCC(N)=O)n1. The van der Waals surface area contributed by atoms with E-state index in [-0.39, 0.29) is 17.8 Å². The molecule has 2 aromatic heterocycles. The fourth-order valence-corrected chi connectivity index (χ4v) is 3.14. The number of carbonyl (C=O) groups is 2. The van der Waals surface area contributed by atoms with E-state index >= 15 is 0 Å². The molecule has 0 spiro atoms. The van der Waals surface area contributed by atoms with Gasteiger partial charge in [-0.15, -0.1) is 11.3 Å². The summed E-state index contributed by atoms with van der Waals surface area (Å²) >= 11 is 1.64. The van der Waals surface area contributed by atoms with Gasteiger partial charge in [0.15, 0.2) is 0 Å². The summed E-state index contributed by atoms with van der Waals surface area (Å²) in [6.45, 7) is 6.17. The van der Waals surface area contributed by atoms with Crippen molar-refractivity contribution in [3.8, 4) is 5.88 Å². The molecule has 28 heavy (non-hydrogen) atoms. The van der Waals surface area contributed by atoms with Crippen LogP contribution in [0, 0.1) is 6.92 Å². The van der Waals surface area contributed by atoms with Crippen LogP contribution in [0.1, 0.15) is 55.3 Å². The normalized spacial score (nSPS) is 11.1. The van der Waals surface area contributed by atoms with Gasteiger partial charge in [-0.25, -0.2) is 9.97 Å². The van der Waals surface area contributed by atoms with Gasteiger partial charge in [0.05, 0.1) is 25.1 Å². The van der Waals surface area contributed by atoms with Crippen molar-refractivity contribution in [3.63, 3.8) is 0 Å². The number of pyridine rings is 1. The zero-order chi connectivity index (χ0) is 20.9. The second kappa shape index (κ2) is 12.8. The molecule has 1 atom stereocenters. The van der Waals surface area contributed by atoms with Crippen LogP contribution in [0.25, 0.3) is 0 Å². The number of hydrogen-bond donors (Lipinski definition) is 1. The molecule has 1 unspecified atom stereocenters. The monoisotopic (exact) mass is 407 g/mol. The first-order valence-corrected chi connectivity index (χ1v) is 10.1. The second-order valence-electron chi connectivity index (χ2n) is 6.25. The molecule has 2 rings (SSSR count). The number of esters is 1. The van der Waals surface area contributed by atoms with Gasteiger partial charge in [-0.2, -0.15) is 0 Å². The van der Waals surface area contributed by atoms with E-state index in [4.69, 9.17) is 15.2 Å². The number of nitrogens with two attached hydrogens (primary N) is 1. The molecule has 0 radical (unpaired) electrons. The summed E-state index contributed by atoms with van der Waals surface area (Å²) in [6, 6.07) is 3.70. The molecule has 0 aliphatic heterocycles. The van der Waals surface area contributed by atoms with Gasteiger partial charge in [0.25, 0.3) is 0 Å². The van der Waals surface area contributed by atoms with E-state index in [1.54, 1.807) is 37.6 Å². The Hall–Kier alpha value is -2.48. The number of amides is 1. The van der Waals surface area contributed by atoms with Crippen LogP contribution in [0.4, 0.5) is 0 Å². The van der Waals surface area contributed by atoms with E-state index in [1.165, 1.54) is 0 Å². The first kappa shape index (κ1) is 23.6. The van der Waals surface area contributed by atoms with E-state index in [1.807, 2.05) is 25.3 Å². The molecule has 0 aromatic carbocycles. The van der Waals surface area contributed by atoms with Gasteiger partial charge in [0, 0.05) is 29.8 Å². The molecule has 1 amide bonds. The lowest BCUT2D eigenvalue weighted by molar-refractivity contribution is -0.143. The van der Waals surface area contributed by atoms with Crippen LogP contribution < -0.4 is 10.5 Å². The van der Waals surface area contributed by atoms with Crippen molar-refractivity contribution in [2.75, 3.05) is 13.7 Å². The zero-order valence-corrected chi connectivity index (χ0v) is 17.8. The second-order valence-corrected chi connectivity index (χ2v) is 7.19. The average Bonchev–Trinajstić information content (AvgIpc) is 3.07. The van der Waals surface area contributed by atoms with Crippen molar-refractivity contribution in [1.82, 2.24) is 9.97 Å². The number of thiazole rings is 1. The number of hydrogen-bond acceptors (Lipinski definition) is 7. The van der Waals surface area contributed by atoms with Crippen LogP contribution in [0.2, 0.25) is 0 Å². The van der Waals surface area contributed by atoms with E-state index in [0.29, 0.717) is 25.3 Å². The Labute approximate surface area is 170 Å². The lowest BCUT2D eigenvalue weighted by Gasteiger charge is -2.10. The molecule has 0 fully saturated rings. The Balaban J connectivity index is 0.000000292. The Morgan fingerprint density at radius 3 is 2.57 bits per heavy atom. The minimum atomic E-state index is -0.233. The summed E-state index contributed by atoms with van der Waals surface area (Å²) in [6.07, 6.45) is 4.23. The van der Waals surface area contributed by atoms with Crippen LogP contribution in [-0.2, 0) is 20.7 Å². The zero-order valence-electron chi connectivity index (χ0n) is 16.9. The third-order valence-electron chi connectivity index (χ3n) is 3.80. The van der Waals surface area contributed by atoms with Crippen molar-refractivity contribution < 1.29 is 19.1 Å². The van der Waals surface area contributed by atoms with Gasteiger partial charge in [-0.3, -0.25) is 9.59 Å². The molecular weight excluding hydrogens is 378 g/mol. The lowest BCUT2D eigenvalue weighted by Crippen LogP contribution is -2.10. The van der Waals surface area contributed by atoms with Gasteiger partial charge in [0.1, 0.15) is 0 Å². The largest absolute Gasteiger partial charge is 0.481 e. The van der Waals surface area contributed by atoms with Gasteiger partial charge in [-0.05, 0) is 38.2 Å². The van der Waals surface area contributed by atoms with Crippen LogP contribution in [-0.4, -0.2) is 35.6 Å². The first-order valence-electron chi connectivity index (χ1n) is 9.20. The summed E-state index contributed by atoms with van der Waals surface area (Å²) < 4.78 is 9.86. The highest BCUT2D eigenvalue weighted by Gasteiger charge is 2.12. The highest BCUT2D eigenvalue weighted by Crippen LogP contribution is 2.20. The quantitative estimate of drug-likeness (QED) is 0.639. The number of methoxy groups -OCH3 is 1. The smallest absolute Gasteiger partial charge is 0.306 e. The maximum atomic E-state index is 11.3. The molecule has 154 valence electrons. The van der Waals surface area contributed by atoms with E-state index < -0.39 is 0 Å². The Morgan fingerprint density at radius 1 is 1.32 bits per heavy atom. The van der Waals surface area contributed by atoms with Gasteiger partial charge in [-0.1, -0.05) is 13.0 Å². The maximum absolute atomic E-state index is 11.3. The summed E-state index contributed by atoms with van der Waals surface area (Å²) in [5.74, 6) is 0.277. The molecule has 8 heteroatoms. The topological polar surface area (TPSA) is 104 Å². The summed E-state index contributed by atoms with van der Waals surface area (Å²) in [5, 5.41) is 3.10. The van der Waals surface area contributed by atoms with Gasteiger partial charge < -0.3 is 15.2 Å². The van der Waals surface area contributed by atoms with E-state index in [2.05, 4.69) is 9.97 Å². The van der Waals surface area contributed by atoms with Crippen molar-refractivity contribution in [1.29, 1.82) is 0 Å². The van der Waals surface area contributed by atoms with Crippen LogP contribution >= 0.6 is 11.3 Å². The molecule has 0 saturated carbocycles. The van der Waals surface area contributed by atoms with Crippen molar-refractivity contribution in [2.45, 2.75) is 52.4 Å². The Kier molecular flexibility index (Phi) is 10.8. The number of aromatic nitrogens is 2. The molecule has 2 N–H and O–H groups in total. The summed E-state index contributed by atoms with van der Waals surface area (Å²) in [4.78, 5) is 30.1. The predicted octanol–water partition coefficient (Wildman–Crippen LogP) is 3.41. The molecule has 0 bridgehead atoms. The standard InChI is InChI=1S/C12H17NO3.C8H12N2OS/c1-4-16-12(14)7-9(2)10-5-6-11(15-3)13-8-10;1-6-5-12-8(10-6)4-2-3-7(9)11/h5-6,8-9H,4,7H2,1-3H3;5H,2-4H2,1H3,(H2,9,11). The highest BCUT2D eigenvalue weighted by molar-refractivity contribution is 7.09. The molecular formula is C20H29N3O4S. The number of ether oxygens (including phenoxy) is 2. The van der Waals surface area contributed by atoms with Crippen molar-refractivity contribution in [3.05, 3.63) is 40.0 Å². The fourth-order valence-electron chi connectivity index (χ4n) is 2.32. The number of nitrogens with zero attached hydrogens (tertiary/aromatic N) is 2. The predicted molar refractivity (Wildman–Crippen MR) is 109 cm³/mol. The van der Waals surface area contributed by atoms with Gasteiger partial charge >= 0.3 is 5.97 Å². The lowest BCUT2D eigenvalue weighted by atomic mass is 10.00. The molecule has 0 saturated heterocycles. The fraction of sp³-hybridized carbons (Fsp3) is 0.500. The highest BCUT2D eigenvalue weighted by atomic mass is 32.1. The average molecular weight is 408 g/mol. The first-order chi connectivity index (χ1) is 13.3. The third-order valence-corrected chi connectivity index (χ3v) is 4.82. The number of primary amides is 1. The minimum Gasteiger partial charge on any atom is -0.481 e. The van der Waals surface area contributed by atoms with Crippen LogP contribution in [0.5, 0.6) is 5.88 Å². The molecule has 2 heterocycles. The molecule has 2 aromatic rings. The number of aryl methyl sites for hydroxylation is 2. The summed E-state index contributed by atoms with van der Waals surface area (Å²) in [5.41, 5.74) is 7.06.